The molecule has 0 aliphatic carbocycles. The van der Waals surface area contributed by atoms with Gasteiger partial charge in [-0.2, -0.15) is 0 Å². The molecule has 1 nitrogen and oxygen atoms in total. The Morgan fingerprint density at radius 3 is 1.12 bits per heavy atom. The normalized spacial score (nSPS) is 9.00. The summed E-state index contributed by atoms with van der Waals surface area (Å²) in [6, 6.07) is 0. The lowest BCUT2D eigenvalue weighted by Gasteiger charge is -2.11. The Kier molecular flexibility index (Phi) is 9.30. The van der Waals surface area contributed by atoms with Gasteiger partial charge in [-0.05, 0) is 0 Å². The standard InChI is InChI=1S/C6H15O.FH/c1-4-7(5-2)6-3;/h4-6H2,1-3H3;1H/q+1;/p-1. The predicted molar refractivity (Wildman–Crippen MR) is 32.7 cm³/mol. The molecule has 0 radical (unpaired) electrons. The molecule has 52 valence electrons. The molecular weight excluding hydrogens is 107 g/mol. The molecule has 0 N–H and O–H groups in total. The second-order valence-electron chi connectivity index (χ2n) is 1.48. The van der Waals surface area contributed by atoms with Crippen molar-refractivity contribution in [2.75, 3.05) is 19.8 Å². The van der Waals surface area contributed by atoms with Crippen LogP contribution < -0.4 is 4.70 Å². The highest BCUT2D eigenvalue weighted by Crippen LogP contribution is 1.90. The van der Waals surface area contributed by atoms with Gasteiger partial charge in [0.1, 0.15) is 19.8 Å². The lowest BCUT2D eigenvalue weighted by atomic mass is 10.7. The highest BCUT2D eigenvalue weighted by molar-refractivity contribution is 4.27. The minimum Gasteiger partial charge on any atom is -1.00 e. The van der Waals surface area contributed by atoms with E-state index in [1.165, 1.54) is 0 Å². The van der Waals surface area contributed by atoms with Gasteiger partial charge in [0.25, 0.3) is 0 Å². The van der Waals surface area contributed by atoms with Gasteiger partial charge in [-0.25, -0.2) is 0 Å². The van der Waals surface area contributed by atoms with Crippen LogP contribution in [0.15, 0.2) is 0 Å². The lowest BCUT2D eigenvalue weighted by Crippen LogP contribution is -3.00. The summed E-state index contributed by atoms with van der Waals surface area (Å²) in [4.78, 5) is 0. The van der Waals surface area contributed by atoms with Gasteiger partial charge in [-0.1, -0.05) is 0 Å². The second kappa shape index (κ2) is 6.89. The molecule has 2 heteroatoms. The Bertz CT molecular complexity index is 30.0. The largest absolute Gasteiger partial charge is 1.00 e. The summed E-state index contributed by atoms with van der Waals surface area (Å²) in [5.41, 5.74) is 0. The number of halogens is 1. The Morgan fingerprint density at radius 2 is 1.12 bits per heavy atom. The van der Waals surface area contributed by atoms with Crippen molar-refractivity contribution in [2.24, 2.45) is 0 Å². The molecule has 8 heavy (non-hydrogen) atoms. The molecule has 0 heterocycles. The first-order valence-corrected chi connectivity index (χ1v) is 2.99. The van der Waals surface area contributed by atoms with Gasteiger partial charge in [-0.3, -0.25) is 0 Å². The van der Waals surface area contributed by atoms with Crippen molar-refractivity contribution in [3.8, 4) is 0 Å². The minimum atomic E-state index is 0. The van der Waals surface area contributed by atoms with Gasteiger partial charge in [-0.15, -0.1) is 0 Å². The van der Waals surface area contributed by atoms with Gasteiger partial charge in [0.05, 0.1) is 0 Å². The third-order valence-corrected chi connectivity index (χ3v) is 1.22. The fourth-order valence-electron chi connectivity index (χ4n) is 0.612. The highest BCUT2D eigenvalue weighted by atomic mass is 19.0. The molecule has 0 rings (SSSR count). The van der Waals surface area contributed by atoms with Gasteiger partial charge in [0.2, 0.25) is 0 Å². The van der Waals surface area contributed by atoms with E-state index in [-0.39, 0.29) is 4.70 Å². The summed E-state index contributed by atoms with van der Waals surface area (Å²) >= 11 is 0. The van der Waals surface area contributed by atoms with E-state index in [0.29, 0.717) is 0 Å². The van der Waals surface area contributed by atoms with E-state index >= 15 is 0 Å². The molecule has 0 aromatic rings. The first-order chi connectivity index (χ1) is 3.35. The van der Waals surface area contributed by atoms with E-state index < -0.39 is 0 Å². The Labute approximate surface area is 50.7 Å². The maximum absolute atomic E-state index is 3.07. The van der Waals surface area contributed by atoms with Crippen LogP contribution in [0, 0.1) is 0 Å². The van der Waals surface area contributed by atoms with Crippen LogP contribution in [0.1, 0.15) is 20.8 Å². The molecule has 0 aromatic heterocycles. The number of hydrogen-bond acceptors (Lipinski definition) is 0. The minimum absolute atomic E-state index is 0. The molecule has 0 bridgehead atoms. The van der Waals surface area contributed by atoms with E-state index in [1.807, 2.05) is 0 Å². The van der Waals surface area contributed by atoms with Crippen molar-refractivity contribution in [3.63, 3.8) is 0 Å². The summed E-state index contributed by atoms with van der Waals surface area (Å²) < 4.78 is 3.07. The predicted octanol–water partition coefficient (Wildman–Crippen LogP) is -1.40. The van der Waals surface area contributed by atoms with Crippen molar-refractivity contribution < 1.29 is 9.07 Å². The molecule has 0 unspecified atom stereocenters. The average Bonchev–Trinajstić information content (AvgIpc) is 1.72. The topological polar surface area (TPSA) is 2.70 Å². The maximum Gasteiger partial charge on any atom is 0.142 e. The SMILES string of the molecule is CC[O+](CC)CC.[F-]. The van der Waals surface area contributed by atoms with E-state index in [4.69, 9.17) is 0 Å². The summed E-state index contributed by atoms with van der Waals surface area (Å²) in [6.07, 6.45) is 0. The van der Waals surface area contributed by atoms with Gasteiger partial charge in [0, 0.05) is 20.8 Å². The van der Waals surface area contributed by atoms with E-state index in [1.54, 1.807) is 0 Å². The molecule has 0 aliphatic rings. The second-order valence-corrected chi connectivity index (χ2v) is 1.48. The van der Waals surface area contributed by atoms with Gasteiger partial charge < -0.3 is 9.07 Å². The number of hydrogen-bond donors (Lipinski definition) is 0. The Hall–Kier alpha value is -0.110. The first-order valence-electron chi connectivity index (χ1n) is 2.99. The zero-order valence-corrected chi connectivity index (χ0v) is 5.91. The third kappa shape index (κ3) is 4.06. The molecule has 0 fully saturated rings. The lowest BCUT2D eigenvalue weighted by molar-refractivity contribution is -0.119. The smallest absolute Gasteiger partial charge is 0.142 e. The summed E-state index contributed by atoms with van der Waals surface area (Å²) in [5.74, 6) is 0. The third-order valence-electron chi connectivity index (χ3n) is 1.22. The van der Waals surface area contributed by atoms with Crippen molar-refractivity contribution >= 4 is 0 Å². The van der Waals surface area contributed by atoms with Crippen molar-refractivity contribution in [2.45, 2.75) is 20.8 Å². The quantitative estimate of drug-likeness (QED) is 0.405. The van der Waals surface area contributed by atoms with Gasteiger partial charge in [0.15, 0.2) is 0 Å². The Balaban J connectivity index is 0. The molecule has 0 spiro atoms. The van der Waals surface area contributed by atoms with E-state index in [2.05, 4.69) is 25.1 Å². The molecule has 0 saturated carbocycles. The fraction of sp³-hybridized carbons (Fsp3) is 1.00. The zero-order valence-electron chi connectivity index (χ0n) is 5.91. The molecular formula is C6H15FO. The van der Waals surface area contributed by atoms with Crippen LogP contribution in [0.25, 0.3) is 0 Å². The van der Waals surface area contributed by atoms with Crippen LogP contribution in [0.2, 0.25) is 0 Å². The Morgan fingerprint density at radius 1 is 0.875 bits per heavy atom. The van der Waals surface area contributed by atoms with Crippen LogP contribution in [0.5, 0.6) is 0 Å². The fourth-order valence-corrected chi connectivity index (χ4v) is 0.612. The molecule has 0 aromatic carbocycles. The molecule has 0 amide bonds. The maximum atomic E-state index is 3.07. The summed E-state index contributed by atoms with van der Waals surface area (Å²) in [7, 11) is 0. The van der Waals surface area contributed by atoms with Crippen molar-refractivity contribution in [1.82, 2.24) is 0 Å². The average molecular weight is 122 g/mol. The first kappa shape index (κ1) is 10.8. The van der Waals surface area contributed by atoms with Crippen LogP contribution in [-0.4, -0.2) is 19.8 Å². The van der Waals surface area contributed by atoms with E-state index in [0.717, 1.165) is 19.8 Å². The van der Waals surface area contributed by atoms with Crippen LogP contribution >= 0.6 is 0 Å². The zero-order chi connectivity index (χ0) is 5.70. The molecule has 0 atom stereocenters. The highest BCUT2D eigenvalue weighted by Gasteiger charge is 1.94. The molecule has 0 aliphatic heterocycles. The van der Waals surface area contributed by atoms with Crippen LogP contribution in [-0.2, 0) is 4.37 Å². The van der Waals surface area contributed by atoms with E-state index in [9.17, 15) is 0 Å². The van der Waals surface area contributed by atoms with Crippen molar-refractivity contribution in [3.05, 3.63) is 0 Å². The van der Waals surface area contributed by atoms with Gasteiger partial charge >= 0.3 is 0 Å². The van der Waals surface area contributed by atoms with Crippen LogP contribution in [0.3, 0.4) is 0 Å². The number of rotatable bonds is 3. The summed E-state index contributed by atoms with van der Waals surface area (Å²) in [5, 5.41) is 0. The van der Waals surface area contributed by atoms with Crippen molar-refractivity contribution in [1.29, 1.82) is 0 Å². The van der Waals surface area contributed by atoms with Crippen LogP contribution in [0.4, 0.5) is 0 Å². The monoisotopic (exact) mass is 122 g/mol. The summed E-state index contributed by atoms with van der Waals surface area (Å²) in [6.45, 7) is 9.76. The molecule has 0 saturated heterocycles.